The van der Waals surface area contributed by atoms with E-state index >= 15 is 0 Å². The van der Waals surface area contributed by atoms with Crippen LogP contribution >= 0.6 is 0 Å². The van der Waals surface area contributed by atoms with Crippen LogP contribution < -0.4 is 5.32 Å². The second-order valence-corrected chi connectivity index (χ2v) is 3.39. The SMILES string of the molecule is CNC(=O)CN(C)C(=O)C(C)(C)O. The van der Waals surface area contributed by atoms with Crippen LogP contribution in [0.1, 0.15) is 13.8 Å². The zero-order valence-electron chi connectivity index (χ0n) is 8.42. The predicted octanol–water partition coefficient (Wildman–Crippen LogP) is -1.04. The summed E-state index contributed by atoms with van der Waals surface area (Å²) in [6.07, 6.45) is 0. The van der Waals surface area contributed by atoms with Crippen molar-refractivity contribution in [2.45, 2.75) is 19.4 Å². The summed E-state index contributed by atoms with van der Waals surface area (Å²) >= 11 is 0. The van der Waals surface area contributed by atoms with Crippen molar-refractivity contribution >= 4 is 11.8 Å². The van der Waals surface area contributed by atoms with Crippen LogP contribution in [-0.4, -0.2) is 48.1 Å². The normalized spacial score (nSPS) is 10.8. The maximum absolute atomic E-state index is 11.3. The molecule has 0 heterocycles. The third-order valence-corrected chi connectivity index (χ3v) is 1.53. The first-order chi connectivity index (χ1) is 5.79. The maximum atomic E-state index is 11.3. The fourth-order valence-corrected chi connectivity index (χ4v) is 0.833. The van der Waals surface area contributed by atoms with Gasteiger partial charge < -0.3 is 15.3 Å². The molecule has 0 aromatic rings. The second kappa shape index (κ2) is 4.23. The Morgan fingerprint density at radius 3 is 2.23 bits per heavy atom. The molecule has 0 unspecified atom stereocenters. The maximum Gasteiger partial charge on any atom is 0.254 e. The number of carbonyl (C=O) groups is 2. The molecule has 0 aliphatic rings. The molecule has 0 aromatic carbocycles. The molecule has 0 saturated heterocycles. The summed E-state index contributed by atoms with van der Waals surface area (Å²) in [6, 6.07) is 0. The van der Waals surface area contributed by atoms with Crippen molar-refractivity contribution in [3.63, 3.8) is 0 Å². The predicted molar refractivity (Wildman–Crippen MR) is 48.0 cm³/mol. The third-order valence-electron chi connectivity index (χ3n) is 1.53. The first-order valence-corrected chi connectivity index (χ1v) is 3.97. The Balaban J connectivity index is 4.20. The number of rotatable bonds is 3. The number of hydrogen-bond acceptors (Lipinski definition) is 3. The highest BCUT2D eigenvalue weighted by molar-refractivity contribution is 5.88. The minimum absolute atomic E-state index is 0.0423. The van der Waals surface area contributed by atoms with Crippen molar-refractivity contribution < 1.29 is 14.7 Å². The molecule has 0 aliphatic heterocycles. The Bertz CT molecular complexity index is 208. The van der Waals surface area contributed by atoms with E-state index in [1.807, 2.05) is 0 Å². The Kier molecular flexibility index (Phi) is 3.87. The summed E-state index contributed by atoms with van der Waals surface area (Å²) in [7, 11) is 2.96. The molecule has 0 aliphatic carbocycles. The lowest BCUT2D eigenvalue weighted by Crippen LogP contribution is -2.46. The van der Waals surface area contributed by atoms with E-state index in [1.165, 1.54) is 32.8 Å². The minimum Gasteiger partial charge on any atom is -0.381 e. The molecular weight excluding hydrogens is 172 g/mol. The summed E-state index contributed by atoms with van der Waals surface area (Å²) in [5, 5.41) is 11.7. The van der Waals surface area contributed by atoms with Gasteiger partial charge in [-0.25, -0.2) is 0 Å². The standard InChI is InChI=1S/C8H16N2O3/c1-8(2,13)7(12)10(4)5-6(11)9-3/h13H,5H2,1-4H3,(H,9,11). The van der Waals surface area contributed by atoms with Gasteiger partial charge in [0.15, 0.2) is 0 Å². The monoisotopic (exact) mass is 188 g/mol. The molecule has 0 rings (SSSR count). The van der Waals surface area contributed by atoms with Gasteiger partial charge in [0.2, 0.25) is 5.91 Å². The Labute approximate surface area is 77.7 Å². The van der Waals surface area contributed by atoms with E-state index in [4.69, 9.17) is 0 Å². The molecule has 0 saturated carbocycles. The summed E-state index contributed by atoms with van der Waals surface area (Å²) in [6.45, 7) is 2.73. The van der Waals surface area contributed by atoms with Crippen LogP contribution in [0.25, 0.3) is 0 Å². The minimum atomic E-state index is -1.43. The third kappa shape index (κ3) is 3.89. The molecule has 2 amide bonds. The number of likely N-dealkylation sites (N-methyl/N-ethyl adjacent to an activating group) is 2. The van der Waals surface area contributed by atoms with Crippen molar-refractivity contribution in [3.8, 4) is 0 Å². The average Bonchev–Trinajstić information content (AvgIpc) is 2.01. The summed E-state index contributed by atoms with van der Waals surface area (Å²) in [5.74, 6) is -0.740. The number of amides is 2. The molecule has 0 spiro atoms. The number of aliphatic hydroxyl groups is 1. The van der Waals surface area contributed by atoms with Gasteiger partial charge in [0.05, 0.1) is 6.54 Å². The smallest absolute Gasteiger partial charge is 0.254 e. The van der Waals surface area contributed by atoms with Gasteiger partial charge in [0, 0.05) is 14.1 Å². The second-order valence-electron chi connectivity index (χ2n) is 3.39. The molecule has 5 nitrogen and oxygen atoms in total. The van der Waals surface area contributed by atoms with Crippen molar-refractivity contribution in [1.82, 2.24) is 10.2 Å². The van der Waals surface area contributed by atoms with Gasteiger partial charge in [0.25, 0.3) is 5.91 Å². The van der Waals surface area contributed by atoms with Crippen molar-refractivity contribution in [2.24, 2.45) is 0 Å². The fourth-order valence-electron chi connectivity index (χ4n) is 0.833. The molecule has 76 valence electrons. The topological polar surface area (TPSA) is 69.6 Å². The molecule has 0 radical (unpaired) electrons. The molecular formula is C8H16N2O3. The van der Waals surface area contributed by atoms with E-state index < -0.39 is 11.5 Å². The van der Waals surface area contributed by atoms with Gasteiger partial charge >= 0.3 is 0 Å². The molecule has 0 atom stereocenters. The van der Waals surface area contributed by atoms with E-state index in [0.29, 0.717) is 0 Å². The Morgan fingerprint density at radius 2 is 1.92 bits per heavy atom. The van der Waals surface area contributed by atoms with Gasteiger partial charge in [0.1, 0.15) is 5.60 Å². The highest BCUT2D eigenvalue weighted by atomic mass is 16.3. The van der Waals surface area contributed by atoms with Crippen molar-refractivity contribution in [2.75, 3.05) is 20.6 Å². The first-order valence-electron chi connectivity index (χ1n) is 3.97. The Hall–Kier alpha value is -1.10. The van der Waals surface area contributed by atoms with Crippen molar-refractivity contribution in [3.05, 3.63) is 0 Å². The van der Waals surface area contributed by atoms with Crippen LogP contribution in [0.5, 0.6) is 0 Å². The molecule has 2 N–H and O–H groups in total. The lowest BCUT2D eigenvalue weighted by Gasteiger charge is -2.24. The van der Waals surface area contributed by atoms with Gasteiger partial charge in [-0.05, 0) is 13.8 Å². The summed E-state index contributed by atoms with van der Waals surface area (Å²) in [4.78, 5) is 23.4. The van der Waals surface area contributed by atoms with Gasteiger partial charge in [-0.3, -0.25) is 9.59 Å². The zero-order chi connectivity index (χ0) is 10.6. The van der Waals surface area contributed by atoms with E-state index in [9.17, 15) is 14.7 Å². The molecule has 0 bridgehead atoms. The van der Waals surface area contributed by atoms with Crippen LogP contribution in [0.2, 0.25) is 0 Å². The number of carbonyl (C=O) groups excluding carboxylic acids is 2. The van der Waals surface area contributed by atoms with Gasteiger partial charge in [-0.2, -0.15) is 0 Å². The van der Waals surface area contributed by atoms with Gasteiger partial charge in [-0.15, -0.1) is 0 Å². The summed E-state index contributed by atoms with van der Waals surface area (Å²) < 4.78 is 0. The lowest BCUT2D eigenvalue weighted by atomic mass is 10.1. The quantitative estimate of drug-likeness (QED) is 0.594. The van der Waals surface area contributed by atoms with Crippen LogP contribution in [0, 0.1) is 0 Å². The highest BCUT2D eigenvalue weighted by Crippen LogP contribution is 2.04. The molecule has 5 heteroatoms. The largest absolute Gasteiger partial charge is 0.381 e. The number of hydrogen-bond donors (Lipinski definition) is 2. The fraction of sp³-hybridized carbons (Fsp3) is 0.750. The highest BCUT2D eigenvalue weighted by Gasteiger charge is 2.27. The molecule has 0 fully saturated rings. The van der Waals surface area contributed by atoms with E-state index in [-0.39, 0.29) is 12.5 Å². The molecule has 13 heavy (non-hydrogen) atoms. The number of nitrogens with one attached hydrogen (secondary N) is 1. The van der Waals surface area contributed by atoms with Crippen LogP contribution in [0.4, 0.5) is 0 Å². The van der Waals surface area contributed by atoms with Gasteiger partial charge in [-0.1, -0.05) is 0 Å². The van der Waals surface area contributed by atoms with Crippen LogP contribution in [-0.2, 0) is 9.59 Å². The first kappa shape index (κ1) is 11.9. The summed E-state index contributed by atoms with van der Waals surface area (Å²) in [5.41, 5.74) is -1.43. The van der Waals surface area contributed by atoms with E-state index in [0.717, 1.165) is 0 Å². The average molecular weight is 188 g/mol. The van der Waals surface area contributed by atoms with E-state index in [2.05, 4.69) is 5.32 Å². The zero-order valence-corrected chi connectivity index (χ0v) is 8.42. The van der Waals surface area contributed by atoms with Crippen LogP contribution in [0.15, 0.2) is 0 Å². The van der Waals surface area contributed by atoms with Crippen LogP contribution in [0.3, 0.4) is 0 Å². The van der Waals surface area contributed by atoms with Crippen molar-refractivity contribution in [1.29, 1.82) is 0 Å². The lowest BCUT2D eigenvalue weighted by molar-refractivity contribution is -0.148. The molecule has 0 aromatic heterocycles. The Morgan fingerprint density at radius 1 is 1.46 bits per heavy atom. The van der Waals surface area contributed by atoms with E-state index in [1.54, 1.807) is 0 Å². The number of nitrogens with zero attached hydrogens (tertiary/aromatic N) is 1.